The van der Waals surface area contributed by atoms with Gasteiger partial charge in [0.2, 0.25) is 5.82 Å². The third kappa shape index (κ3) is 1.56. The molecule has 0 unspecified atom stereocenters. The highest BCUT2D eigenvalue weighted by atomic mass is 19.4. The summed E-state index contributed by atoms with van der Waals surface area (Å²) in [4.78, 5) is 3.69. The Morgan fingerprint density at radius 3 is 2.56 bits per heavy atom. The van der Waals surface area contributed by atoms with Gasteiger partial charge in [-0.05, 0) is 18.1 Å². The molecule has 2 nitrogen and oxygen atoms in total. The van der Waals surface area contributed by atoms with Crippen LogP contribution in [-0.2, 0) is 19.6 Å². The van der Waals surface area contributed by atoms with E-state index in [9.17, 15) is 13.2 Å². The molecule has 1 heterocycles. The van der Waals surface area contributed by atoms with Gasteiger partial charge in [0.25, 0.3) is 0 Å². The SMILES string of the molecule is CCc1cccc2c1nc(C(F)(F)F)n2C. The fraction of sp³-hybridized carbons (Fsp3) is 0.364. The third-order valence-corrected chi connectivity index (χ3v) is 2.63. The predicted octanol–water partition coefficient (Wildman–Crippen LogP) is 3.15. The van der Waals surface area contributed by atoms with Crippen molar-refractivity contribution in [3.05, 3.63) is 29.6 Å². The summed E-state index contributed by atoms with van der Waals surface area (Å²) in [5, 5.41) is 0. The molecule has 0 N–H and O–H groups in total. The first-order chi connectivity index (χ1) is 7.45. The number of imidazole rings is 1. The Bertz CT molecular complexity index is 526. The number of aryl methyl sites for hydroxylation is 2. The zero-order valence-corrected chi connectivity index (χ0v) is 8.97. The van der Waals surface area contributed by atoms with Gasteiger partial charge in [-0.15, -0.1) is 0 Å². The molecule has 0 aliphatic heterocycles. The van der Waals surface area contributed by atoms with Crippen molar-refractivity contribution in [3.63, 3.8) is 0 Å². The first kappa shape index (κ1) is 11.0. The second-order valence-electron chi connectivity index (χ2n) is 3.63. The maximum Gasteiger partial charge on any atom is 0.449 e. The van der Waals surface area contributed by atoms with Gasteiger partial charge in [-0.3, -0.25) is 0 Å². The molecule has 2 aromatic rings. The molecule has 0 bridgehead atoms. The van der Waals surface area contributed by atoms with Crippen molar-refractivity contribution in [2.75, 3.05) is 0 Å². The number of aromatic nitrogens is 2. The molecule has 1 aromatic heterocycles. The largest absolute Gasteiger partial charge is 0.449 e. The van der Waals surface area contributed by atoms with Crippen LogP contribution in [0.15, 0.2) is 18.2 Å². The Morgan fingerprint density at radius 1 is 1.31 bits per heavy atom. The van der Waals surface area contributed by atoms with E-state index >= 15 is 0 Å². The summed E-state index contributed by atoms with van der Waals surface area (Å²) in [7, 11) is 1.39. The van der Waals surface area contributed by atoms with E-state index in [1.54, 1.807) is 18.2 Å². The number of rotatable bonds is 1. The Balaban J connectivity index is 2.77. The minimum absolute atomic E-state index is 0.444. The summed E-state index contributed by atoms with van der Waals surface area (Å²) in [5.74, 6) is -0.844. The van der Waals surface area contributed by atoms with Gasteiger partial charge < -0.3 is 4.57 Å². The van der Waals surface area contributed by atoms with Crippen LogP contribution in [0.3, 0.4) is 0 Å². The number of hydrogen-bond acceptors (Lipinski definition) is 1. The molecule has 16 heavy (non-hydrogen) atoms. The fourth-order valence-electron chi connectivity index (χ4n) is 1.81. The lowest BCUT2D eigenvalue weighted by Crippen LogP contribution is -2.12. The average molecular weight is 228 g/mol. The number of fused-ring (bicyclic) bond motifs is 1. The molecular weight excluding hydrogens is 217 g/mol. The molecule has 2 rings (SSSR count). The monoisotopic (exact) mass is 228 g/mol. The van der Waals surface area contributed by atoms with E-state index in [4.69, 9.17) is 0 Å². The highest BCUT2D eigenvalue weighted by Gasteiger charge is 2.36. The Morgan fingerprint density at radius 2 is 2.00 bits per heavy atom. The minimum atomic E-state index is -4.40. The van der Waals surface area contributed by atoms with E-state index in [-0.39, 0.29) is 0 Å². The zero-order valence-electron chi connectivity index (χ0n) is 8.97. The van der Waals surface area contributed by atoms with Crippen LogP contribution in [0.4, 0.5) is 13.2 Å². The highest BCUT2D eigenvalue weighted by Crippen LogP contribution is 2.31. The molecule has 0 spiro atoms. The summed E-state index contributed by atoms with van der Waals surface area (Å²) in [6, 6.07) is 5.20. The van der Waals surface area contributed by atoms with E-state index in [0.29, 0.717) is 17.5 Å². The number of alkyl halides is 3. The third-order valence-electron chi connectivity index (χ3n) is 2.63. The van der Waals surface area contributed by atoms with Crippen LogP contribution in [0.25, 0.3) is 11.0 Å². The lowest BCUT2D eigenvalue weighted by atomic mass is 10.1. The van der Waals surface area contributed by atoms with Gasteiger partial charge in [0.15, 0.2) is 0 Å². The maximum absolute atomic E-state index is 12.6. The first-order valence-electron chi connectivity index (χ1n) is 4.96. The summed E-state index contributed by atoms with van der Waals surface area (Å²) >= 11 is 0. The van der Waals surface area contributed by atoms with Crippen LogP contribution in [-0.4, -0.2) is 9.55 Å². The molecular formula is C11H11F3N2. The van der Waals surface area contributed by atoms with E-state index in [0.717, 1.165) is 10.1 Å². The van der Waals surface area contributed by atoms with Crippen molar-refractivity contribution in [2.45, 2.75) is 19.5 Å². The van der Waals surface area contributed by atoms with E-state index in [1.807, 2.05) is 6.92 Å². The summed E-state index contributed by atoms with van der Waals surface area (Å²) in [5.41, 5.74) is 1.80. The Kier molecular flexibility index (Phi) is 2.40. The van der Waals surface area contributed by atoms with E-state index in [1.165, 1.54) is 7.05 Å². The molecule has 0 saturated heterocycles. The lowest BCUT2D eigenvalue weighted by molar-refractivity contribution is -0.146. The van der Waals surface area contributed by atoms with E-state index in [2.05, 4.69) is 4.98 Å². The topological polar surface area (TPSA) is 17.8 Å². The molecule has 0 aliphatic rings. The van der Waals surface area contributed by atoms with Crippen molar-refractivity contribution in [2.24, 2.45) is 7.05 Å². The standard InChI is InChI=1S/C11H11F3N2/c1-3-7-5-4-6-8-9(7)15-10(16(8)2)11(12,13)14/h4-6H,3H2,1-2H3. The first-order valence-corrected chi connectivity index (χ1v) is 4.96. The molecule has 86 valence electrons. The van der Waals surface area contributed by atoms with Crippen LogP contribution in [0.1, 0.15) is 18.3 Å². The number of benzene rings is 1. The van der Waals surface area contributed by atoms with Crippen LogP contribution >= 0.6 is 0 Å². The molecule has 0 aliphatic carbocycles. The summed E-state index contributed by atoms with van der Waals surface area (Å²) < 4.78 is 39.0. The lowest BCUT2D eigenvalue weighted by Gasteiger charge is -2.05. The minimum Gasteiger partial charge on any atom is -0.323 e. The zero-order chi connectivity index (χ0) is 11.9. The van der Waals surface area contributed by atoms with Crippen LogP contribution in [0.2, 0.25) is 0 Å². The van der Waals surface area contributed by atoms with Crippen molar-refractivity contribution >= 4 is 11.0 Å². The molecule has 1 aromatic carbocycles. The van der Waals surface area contributed by atoms with Crippen LogP contribution in [0, 0.1) is 0 Å². The van der Waals surface area contributed by atoms with Gasteiger partial charge in [0.05, 0.1) is 11.0 Å². The van der Waals surface area contributed by atoms with Gasteiger partial charge in [0.1, 0.15) is 0 Å². The Labute approximate surface area is 90.7 Å². The molecule has 0 fully saturated rings. The molecule has 5 heteroatoms. The van der Waals surface area contributed by atoms with Gasteiger partial charge in [-0.25, -0.2) is 4.98 Å². The van der Waals surface area contributed by atoms with Crippen LogP contribution < -0.4 is 0 Å². The molecule has 0 radical (unpaired) electrons. The highest BCUT2D eigenvalue weighted by molar-refractivity contribution is 5.79. The summed E-state index contributed by atoms with van der Waals surface area (Å²) in [6.07, 6.45) is -3.73. The van der Waals surface area contributed by atoms with Gasteiger partial charge in [-0.1, -0.05) is 19.1 Å². The number of nitrogens with zero attached hydrogens (tertiary/aromatic N) is 2. The van der Waals surface area contributed by atoms with Crippen molar-refractivity contribution in [1.82, 2.24) is 9.55 Å². The number of para-hydroxylation sites is 1. The van der Waals surface area contributed by atoms with Crippen molar-refractivity contribution in [1.29, 1.82) is 0 Å². The number of hydrogen-bond donors (Lipinski definition) is 0. The predicted molar refractivity (Wildman–Crippen MR) is 55.1 cm³/mol. The molecule has 0 atom stereocenters. The van der Waals surface area contributed by atoms with Crippen LogP contribution in [0.5, 0.6) is 0 Å². The van der Waals surface area contributed by atoms with Gasteiger partial charge in [-0.2, -0.15) is 13.2 Å². The summed E-state index contributed by atoms with van der Waals surface area (Å²) in [6.45, 7) is 1.90. The Hall–Kier alpha value is -1.52. The van der Waals surface area contributed by atoms with E-state index < -0.39 is 12.0 Å². The molecule has 0 saturated carbocycles. The average Bonchev–Trinajstić information content (AvgIpc) is 2.56. The van der Waals surface area contributed by atoms with Gasteiger partial charge >= 0.3 is 6.18 Å². The maximum atomic E-state index is 12.6. The van der Waals surface area contributed by atoms with Gasteiger partial charge in [0, 0.05) is 7.05 Å². The van der Waals surface area contributed by atoms with Crippen molar-refractivity contribution < 1.29 is 13.2 Å². The smallest absolute Gasteiger partial charge is 0.323 e. The fourth-order valence-corrected chi connectivity index (χ4v) is 1.81. The number of halogens is 3. The second kappa shape index (κ2) is 3.50. The molecule has 0 amide bonds. The van der Waals surface area contributed by atoms with Crippen molar-refractivity contribution in [3.8, 4) is 0 Å². The normalized spacial score (nSPS) is 12.3. The second-order valence-corrected chi connectivity index (χ2v) is 3.63. The quantitative estimate of drug-likeness (QED) is 0.733.